The molecule has 0 aliphatic carbocycles. The van der Waals surface area contributed by atoms with Gasteiger partial charge in [-0.25, -0.2) is 4.79 Å². The molecule has 4 heteroatoms. The number of amides is 2. The van der Waals surface area contributed by atoms with Crippen molar-refractivity contribution in [3.63, 3.8) is 0 Å². The molecule has 1 aromatic rings. The summed E-state index contributed by atoms with van der Waals surface area (Å²) in [6.45, 7) is 9.69. The predicted octanol–water partition coefficient (Wildman–Crippen LogP) is 2.71. The molecule has 0 bridgehead atoms. The van der Waals surface area contributed by atoms with Crippen molar-refractivity contribution in [2.24, 2.45) is 0 Å². The quantitative estimate of drug-likeness (QED) is 0.910. The molecule has 1 heterocycles. The van der Waals surface area contributed by atoms with Gasteiger partial charge >= 0.3 is 6.03 Å². The second-order valence-corrected chi connectivity index (χ2v) is 5.11. The maximum atomic E-state index is 11.8. The molecule has 1 aromatic carbocycles. The van der Waals surface area contributed by atoms with Gasteiger partial charge in [0.25, 0.3) is 0 Å². The molecule has 1 unspecified atom stereocenters. The highest BCUT2D eigenvalue weighted by molar-refractivity contribution is 5.77. The Morgan fingerprint density at radius 2 is 2.05 bits per heavy atom. The Bertz CT molecular complexity index is 511. The highest BCUT2D eigenvalue weighted by Crippen LogP contribution is 2.33. The number of methoxy groups -OCH3 is 1. The average molecular weight is 262 g/mol. The van der Waals surface area contributed by atoms with Gasteiger partial charge in [-0.2, -0.15) is 0 Å². The molecule has 0 radical (unpaired) electrons. The third-order valence-electron chi connectivity index (χ3n) is 4.02. The summed E-state index contributed by atoms with van der Waals surface area (Å²) in [5.41, 5.74) is 4.66. The fraction of sp³-hybridized carbons (Fsp3) is 0.533. The van der Waals surface area contributed by atoms with Gasteiger partial charge in [-0.3, -0.25) is 0 Å². The van der Waals surface area contributed by atoms with Crippen molar-refractivity contribution in [1.82, 2.24) is 10.2 Å². The van der Waals surface area contributed by atoms with Gasteiger partial charge in [-0.1, -0.05) is 0 Å². The van der Waals surface area contributed by atoms with E-state index in [1.54, 1.807) is 7.11 Å². The zero-order valence-corrected chi connectivity index (χ0v) is 12.3. The predicted molar refractivity (Wildman–Crippen MR) is 75.7 cm³/mol. The number of urea groups is 1. The van der Waals surface area contributed by atoms with Crippen LogP contribution in [0.15, 0.2) is 6.07 Å². The van der Waals surface area contributed by atoms with Crippen LogP contribution in [0.5, 0.6) is 5.75 Å². The zero-order chi connectivity index (χ0) is 14.2. The van der Waals surface area contributed by atoms with Gasteiger partial charge in [0.2, 0.25) is 0 Å². The van der Waals surface area contributed by atoms with Crippen LogP contribution in [0.2, 0.25) is 0 Å². The molecule has 0 spiro atoms. The van der Waals surface area contributed by atoms with E-state index >= 15 is 0 Å². The molecule has 2 amide bonds. The van der Waals surface area contributed by atoms with Crippen molar-refractivity contribution in [2.45, 2.75) is 33.7 Å². The number of ether oxygens (including phenoxy) is 1. The van der Waals surface area contributed by atoms with Gasteiger partial charge in [0.15, 0.2) is 0 Å². The van der Waals surface area contributed by atoms with Crippen LogP contribution in [-0.4, -0.2) is 31.1 Å². The van der Waals surface area contributed by atoms with Crippen molar-refractivity contribution >= 4 is 6.03 Å². The van der Waals surface area contributed by atoms with E-state index in [0.29, 0.717) is 0 Å². The molecule has 1 atom stereocenters. The second kappa shape index (κ2) is 5.11. The van der Waals surface area contributed by atoms with Crippen LogP contribution in [0.4, 0.5) is 4.79 Å². The first-order valence-corrected chi connectivity index (χ1v) is 6.69. The minimum absolute atomic E-state index is 0.0259. The number of nitrogens with one attached hydrogen (secondary N) is 1. The van der Waals surface area contributed by atoms with E-state index < -0.39 is 0 Å². The molecule has 104 valence electrons. The SMILES string of the molecule is CCN1CC(c2cc(C)c(OC)c(C)c2C)NC1=O. The summed E-state index contributed by atoms with van der Waals surface area (Å²) in [7, 11) is 1.70. The monoisotopic (exact) mass is 262 g/mol. The Hall–Kier alpha value is -1.71. The van der Waals surface area contributed by atoms with Crippen molar-refractivity contribution in [2.75, 3.05) is 20.2 Å². The zero-order valence-electron chi connectivity index (χ0n) is 12.3. The molecule has 1 saturated heterocycles. The van der Waals surface area contributed by atoms with Crippen LogP contribution in [0.25, 0.3) is 0 Å². The Morgan fingerprint density at radius 1 is 1.37 bits per heavy atom. The minimum atomic E-state index is 0.0259. The third kappa shape index (κ3) is 2.27. The average Bonchev–Trinajstić information content (AvgIpc) is 2.75. The lowest BCUT2D eigenvalue weighted by atomic mass is 9.94. The Labute approximate surface area is 114 Å². The summed E-state index contributed by atoms with van der Waals surface area (Å²) in [5, 5.41) is 3.05. The Kier molecular flexibility index (Phi) is 3.69. The third-order valence-corrected chi connectivity index (χ3v) is 4.02. The number of likely N-dealkylation sites (N-methyl/N-ethyl adjacent to an activating group) is 1. The first-order chi connectivity index (χ1) is 8.99. The smallest absolute Gasteiger partial charge is 0.318 e. The summed E-state index contributed by atoms with van der Waals surface area (Å²) in [5.74, 6) is 0.943. The van der Waals surface area contributed by atoms with Gasteiger partial charge in [0.1, 0.15) is 5.75 Å². The van der Waals surface area contributed by atoms with Crippen LogP contribution in [0.3, 0.4) is 0 Å². The van der Waals surface area contributed by atoms with E-state index in [9.17, 15) is 4.79 Å². The van der Waals surface area contributed by atoms with Gasteiger partial charge in [0.05, 0.1) is 13.2 Å². The van der Waals surface area contributed by atoms with E-state index in [0.717, 1.165) is 30.0 Å². The van der Waals surface area contributed by atoms with Crippen LogP contribution in [-0.2, 0) is 0 Å². The standard InChI is InChI=1S/C15H22N2O2/c1-6-17-8-13(16-15(17)18)12-7-9(2)14(19-5)11(4)10(12)3/h7,13H,6,8H2,1-5H3,(H,16,18). The summed E-state index contributed by atoms with van der Waals surface area (Å²) < 4.78 is 5.44. The van der Waals surface area contributed by atoms with Crippen molar-refractivity contribution in [3.8, 4) is 5.75 Å². The van der Waals surface area contributed by atoms with Gasteiger partial charge in [-0.15, -0.1) is 0 Å². The molecule has 1 aliphatic rings. The first kappa shape index (κ1) is 13.7. The van der Waals surface area contributed by atoms with Crippen molar-refractivity contribution < 1.29 is 9.53 Å². The summed E-state index contributed by atoms with van der Waals surface area (Å²) in [6.07, 6.45) is 0. The van der Waals surface area contributed by atoms with E-state index in [1.807, 2.05) is 18.7 Å². The summed E-state index contributed by atoms with van der Waals surface area (Å²) in [4.78, 5) is 13.6. The minimum Gasteiger partial charge on any atom is -0.496 e. The molecule has 0 saturated carbocycles. The first-order valence-electron chi connectivity index (χ1n) is 6.69. The number of hydrogen-bond acceptors (Lipinski definition) is 2. The van der Waals surface area contributed by atoms with E-state index in [4.69, 9.17) is 4.74 Å². The number of carbonyl (C=O) groups is 1. The number of benzene rings is 1. The molecule has 19 heavy (non-hydrogen) atoms. The fourth-order valence-electron chi connectivity index (χ4n) is 2.80. The highest BCUT2D eigenvalue weighted by atomic mass is 16.5. The van der Waals surface area contributed by atoms with Crippen LogP contribution in [0, 0.1) is 20.8 Å². The molecule has 1 fully saturated rings. The fourth-order valence-corrected chi connectivity index (χ4v) is 2.80. The largest absolute Gasteiger partial charge is 0.496 e. The van der Waals surface area contributed by atoms with Crippen molar-refractivity contribution in [3.05, 3.63) is 28.3 Å². The number of carbonyl (C=O) groups excluding carboxylic acids is 1. The number of nitrogens with zero attached hydrogens (tertiary/aromatic N) is 1. The second-order valence-electron chi connectivity index (χ2n) is 5.11. The lowest BCUT2D eigenvalue weighted by Crippen LogP contribution is -2.27. The maximum Gasteiger partial charge on any atom is 0.318 e. The van der Waals surface area contributed by atoms with Gasteiger partial charge in [0, 0.05) is 13.1 Å². The lowest BCUT2D eigenvalue weighted by Gasteiger charge is -2.19. The van der Waals surface area contributed by atoms with Crippen LogP contribution >= 0.6 is 0 Å². The van der Waals surface area contributed by atoms with E-state index in [-0.39, 0.29) is 12.1 Å². The lowest BCUT2D eigenvalue weighted by molar-refractivity contribution is 0.219. The number of aryl methyl sites for hydroxylation is 1. The van der Waals surface area contributed by atoms with Crippen molar-refractivity contribution in [1.29, 1.82) is 0 Å². The highest BCUT2D eigenvalue weighted by Gasteiger charge is 2.30. The molecule has 1 aliphatic heterocycles. The Balaban J connectivity index is 2.39. The van der Waals surface area contributed by atoms with Gasteiger partial charge < -0.3 is 15.0 Å². The maximum absolute atomic E-state index is 11.8. The number of hydrogen-bond donors (Lipinski definition) is 1. The van der Waals surface area contributed by atoms with E-state index in [2.05, 4.69) is 25.2 Å². The molecule has 4 nitrogen and oxygen atoms in total. The summed E-state index contributed by atoms with van der Waals surface area (Å²) in [6, 6.07) is 2.24. The molecule has 2 rings (SSSR count). The van der Waals surface area contributed by atoms with Gasteiger partial charge in [-0.05, 0) is 56.0 Å². The topological polar surface area (TPSA) is 41.6 Å². The summed E-state index contributed by atoms with van der Waals surface area (Å²) >= 11 is 0. The number of rotatable bonds is 3. The van der Waals surface area contributed by atoms with E-state index in [1.165, 1.54) is 11.1 Å². The molecular weight excluding hydrogens is 240 g/mol. The molecular formula is C15H22N2O2. The molecule has 0 aromatic heterocycles. The van der Waals surface area contributed by atoms with Crippen LogP contribution < -0.4 is 10.1 Å². The Morgan fingerprint density at radius 3 is 2.58 bits per heavy atom. The van der Waals surface area contributed by atoms with Crippen LogP contribution in [0.1, 0.15) is 35.2 Å². The molecule has 1 N–H and O–H groups in total. The normalized spacial score (nSPS) is 18.7.